The number of aromatic nitrogens is 9. The van der Waals surface area contributed by atoms with Crippen molar-refractivity contribution in [3.63, 3.8) is 0 Å². The zero-order chi connectivity index (χ0) is 81.0. The number of hydrogen-bond donors (Lipinski definition) is 0. The molecule has 0 saturated heterocycles. The van der Waals surface area contributed by atoms with Crippen molar-refractivity contribution in [3.8, 4) is 135 Å². The van der Waals surface area contributed by atoms with Crippen LogP contribution in [0.2, 0.25) is 0 Å². The molecular formula is C114H71N9. The lowest BCUT2D eigenvalue weighted by molar-refractivity contribution is 0.979. The van der Waals surface area contributed by atoms with E-state index in [1.54, 1.807) is 0 Å². The van der Waals surface area contributed by atoms with E-state index >= 15 is 0 Å². The molecule has 0 fully saturated rings. The number of hydrogen-bond acceptors (Lipinski definition) is 6. The fourth-order valence-corrected chi connectivity index (χ4v) is 18.8. The molecule has 17 aromatic carbocycles. The van der Waals surface area contributed by atoms with E-state index in [0.29, 0.717) is 11.6 Å². The van der Waals surface area contributed by atoms with E-state index in [4.69, 9.17) is 30.1 Å². The van der Waals surface area contributed by atoms with Gasteiger partial charge in [0, 0.05) is 99.1 Å². The monoisotopic (exact) mass is 1570 g/mol. The maximum absolute atomic E-state index is 5.52. The molecule has 9 heteroatoms. The molecule has 8 heterocycles. The van der Waals surface area contributed by atoms with Crippen LogP contribution in [0.25, 0.3) is 238 Å². The van der Waals surface area contributed by atoms with Crippen molar-refractivity contribution in [2.75, 3.05) is 0 Å². The number of nitrogens with zero attached hydrogens (tertiary/aromatic N) is 9. The van der Waals surface area contributed by atoms with Crippen LogP contribution < -0.4 is 0 Å². The molecular weight excluding hydrogens is 1500 g/mol. The molecule has 572 valence electrons. The van der Waals surface area contributed by atoms with Crippen LogP contribution >= 0.6 is 0 Å². The smallest absolute Gasteiger partial charge is 0.160 e. The maximum Gasteiger partial charge on any atom is 0.160 e. The summed E-state index contributed by atoms with van der Waals surface area (Å²) in [6.45, 7) is 0. The standard InChI is InChI=1S/C57H35N5.C57H36N4/c1-4-17-36(18-5-1)52-34-39-23-10-11-26-43(39)56-53(37-19-6-2-7-20-37)54(60-62(52)56)41-25-16-24-40(31-41)48-35-49(59-57(58-48)38-21-8-3-9-22-38)42-32-46-44-27-12-14-29-50(44)61-51-30-15-13-28-45(51)47(33-42)55(46)61;1-4-17-37(18-5-1)53-35-40-23-10-11-26-44(40)56-54(38-19-6-2-7-20-38)55(60-61(53)56)43-25-16-24-41(33-43)51-36-52(59-57(58-51)39-21-8-3-9-22-39)42-31-32-49-47-29-13-12-27-45(47)46-28-14-15-30-48(46)50(49)34-42/h1-35H;1-36H. The van der Waals surface area contributed by atoms with Crippen LogP contribution in [-0.4, -0.2) is 43.6 Å². The second-order valence-electron chi connectivity index (χ2n) is 31.6. The average Bonchev–Trinajstić information content (AvgIpc) is 1.54. The minimum Gasteiger partial charge on any atom is -0.308 e. The fraction of sp³-hybridized carbons (Fsp3) is 0. The molecule has 0 spiro atoms. The first kappa shape index (κ1) is 70.6. The highest BCUT2D eigenvalue weighted by Gasteiger charge is 2.27. The summed E-state index contributed by atoms with van der Waals surface area (Å²) in [5, 5.41) is 28.0. The number of fused-ring (bicyclic) bond motifs is 18. The summed E-state index contributed by atoms with van der Waals surface area (Å²) < 4.78 is 6.71. The zero-order valence-electron chi connectivity index (χ0n) is 66.5. The summed E-state index contributed by atoms with van der Waals surface area (Å²) in [5.74, 6) is 1.36. The van der Waals surface area contributed by atoms with Crippen molar-refractivity contribution >= 4 is 103 Å². The van der Waals surface area contributed by atoms with Crippen molar-refractivity contribution in [1.82, 2.24) is 43.6 Å². The van der Waals surface area contributed by atoms with E-state index in [9.17, 15) is 0 Å². The summed E-state index contributed by atoms with van der Waals surface area (Å²) >= 11 is 0. The van der Waals surface area contributed by atoms with Gasteiger partial charge in [0.25, 0.3) is 0 Å². The SMILES string of the molecule is c1ccc(-c2nc(-c3cccc(-c4nn5c(-c6ccccc6)cc6ccccc6c5c4-c4ccccc4)c3)cc(-c3cc4c5ccccc5n5c6ccccc6c(c3)c45)n2)cc1.c1ccc(-c2nc(-c3cccc(-c4nn5c(-c6ccccc6)cc6ccccc6c5c4-c4ccccc4)c3)cc(-c3ccc4c5ccccc5c5ccccc5c4c3)n2)cc1. The van der Waals surface area contributed by atoms with Crippen molar-refractivity contribution < 1.29 is 0 Å². The summed E-state index contributed by atoms with van der Waals surface area (Å²) in [5.41, 5.74) is 27.8. The molecule has 25 aromatic rings. The molecule has 0 radical (unpaired) electrons. The van der Waals surface area contributed by atoms with E-state index in [2.05, 4.69) is 408 Å². The molecule has 8 aromatic heterocycles. The third-order valence-corrected chi connectivity index (χ3v) is 24.4. The molecule has 0 bridgehead atoms. The lowest BCUT2D eigenvalue weighted by Gasteiger charge is -2.13. The predicted molar refractivity (Wildman–Crippen MR) is 509 cm³/mol. The minimum absolute atomic E-state index is 0.679. The maximum atomic E-state index is 5.52. The number of benzene rings is 17. The van der Waals surface area contributed by atoms with E-state index in [1.165, 1.54) is 81.2 Å². The van der Waals surface area contributed by atoms with E-state index in [-0.39, 0.29) is 0 Å². The Hall–Kier alpha value is -16.6. The fourth-order valence-electron chi connectivity index (χ4n) is 18.8. The van der Waals surface area contributed by atoms with Crippen molar-refractivity contribution in [2.45, 2.75) is 0 Å². The Kier molecular flexibility index (Phi) is 16.7. The lowest BCUT2D eigenvalue weighted by atomic mass is 9.92. The molecule has 0 aliphatic rings. The average molecular weight is 1570 g/mol. The van der Waals surface area contributed by atoms with Gasteiger partial charge in [0.1, 0.15) is 11.4 Å². The molecule has 0 N–H and O–H groups in total. The highest BCUT2D eigenvalue weighted by molar-refractivity contribution is 6.27. The van der Waals surface area contributed by atoms with Gasteiger partial charge in [-0.05, 0) is 121 Å². The molecule has 123 heavy (non-hydrogen) atoms. The van der Waals surface area contributed by atoms with Crippen molar-refractivity contribution in [2.24, 2.45) is 0 Å². The number of para-hydroxylation sites is 2. The van der Waals surface area contributed by atoms with Gasteiger partial charge in [-0.25, -0.2) is 29.0 Å². The van der Waals surface area contributed by atoms with Gasteiger partial charge in [-0.3, -0.25) is 0 Å². The van der Waals surface area contributed by atoms with Gasteiger partial charge in [-0.15, -0.1) is 0 Å². The van der Waals surface area contributed by atoms with Gasteiger partial charge in [0.05, 0.1) is 61.7 Å². The normalized spacial score (nSPS) is 11.7. The van der Waals surface area contributed by atoms with Gasteiger partial charge in [-0.1, -0.05) is 364 Å². The highest BCUT2D eigenvalue weighted by Crippen LogP contribution is 2.48. The van der Waals surface area contributed by atoms with Gasteiger partial charge < -0.3 is 4.40 Å². The second-order valence-corrected chi connectivity index (χ2v) is 31.6. The Bertz CT molecular complexity index is 8360. The van der Waals surface area contributed by atoms with Gasteiger partial charge in [0.15, 0.2) is 11.6 Å². The van der Waals surface area contributed by atoms with Gasteiger partial charge >= 0.3 is 0 Å². The van der Waals surface area contributed by atoms with Crippen LogP contribution in [0, 0.1) is 0 Å². The Morgan fingerprint density at radius 2 is 0.472 bits per heavy atom. The lowest BCUT2D eigenvalue weighted by Crippen LogP contribution is -1.96. The third-order valence-electron chi connectivity index (χ3n) is 24.4. The van der Waals surface area contributed by atoms with E-state index < -0.39 is 0 Å². The zero-order valence-corrected chi connectivity index (χ0v) is 66.5. The predicted octanol–water partition coefficient (Wildman–Crippen LogP) is 29.2. The van der Waals surface area contributed by atoms with Gasteiger partial charge in [-0.2, -0.15) is 10.2 Å². The third kappa shape index (κ3) is 12.0. The molecule has 0 amide bonds. The van der Waals surface area contributed by atoms with Crippen molar-refractivity contribution in [1.29, 1.82) is 0 Å². The van der Waals surface area contributed by atoms with Crippen LogP contribution in [0.4, 0.5) is 0 Å². The molecule has 0 atom stereocenters. The van der Waals surface area contributed by atoms with Crippen molar-refractivity contribution in [3.05, 3.63) is 431 Å². The first-order chi connectivity index (χ1) is 61.0. The molecule has 0 unspecified atom stereocenters. The largest absolute Gasteiger partial charge is 0.308 e. The first-order valence-corrected chi connectivity index (χ1v) is 41.7. The van der Waals surface area contributed by atoms with Crippen LogP contribution in [0.1, 0.15) is 0 Å². The summed E-state index contributed by atoms with van der Waals surface area (Å²) in [4.78, 5) is 21.1. The summed E-state index contributed by atoms with van der Waals surface area (Å²) in [6, 6.07) is 153. The summed E-state index contributed by atoms with van der Waals surface area (Å²) in [6.07, 6.45) is 0. The van der Waals surface area contributed by atoms with E-state index in [0.717, 1.165) is 145 Å². The molecule has 0 saturated carbocycles. The molecule has 25 rings (SSSR count). The highest BCUT2D eigenvalue weighted by atomic mass is 15.2. The topological polar surface area (TPSA) is 90.6 Å². The van der Waals surface area contributed by atoms with Crippen LogP contribution in [0.5, 0.6) is 0 Å². The van der Waals surface area contributed by atoms with E-state index in [1.807, 2.05) is 36.4 Å². The number of pyridine rings is 2. The van der Waals surface area contributed by atoms with Crippen LogP contribution in [0.15, 0.2) is 431 Å². The first-order valence-electron chi connectivity index (χ1n) is 41.7. The Labute approximate surface area is 707 Å². The number of rotatable bonds is 12. The minimum atomic E-state index is 0.679. The Morgan fingerprint density at radius 3 is 0.886 bits per heavy atom. The Balaban J connectivity index is 0.000000139. The molecule has 0 aliphatic carbocycles. The quantitative estimate of drug-likeness (QED) is 0.113. The van der Waals surface area contributed by atoms with Crippen LogP contribution in [-0.2, 0) is 0 Å². The Morgan fingerprint density at radius 1 is 0.171 bits per heavy atom. The van der Waals surface area contributed by atoms with Crippen LogP contribution in [0.3, 0.4) is 0 Å². The summed E-state index contributed by atoms with van der Waals surface area (Å²) in [7, 11) is 0. The van der Waals surface area contributed by atoms with Gasteiger partial charge in [0.2, 0.25) is 0 Å². The molecule has 0 aliphatic heterocycles. The molecule has 9 nitrogen and oxygen atoms in total. The second kappa shape index (κ2) is 29.2.